The summed E-state index contributed by atoms with van der Waals surface area (Å²) in [5, 5.41) is 3.53. The Morgan fingerprint density at radius 1 is 1.44 bits per heavy atom. The zero-order valence-electron chi connectivity index (χ0n) is 11.0. The first-order valence-corrected chi connectivity index (χ1v) is 7.38. The number of carbonyl (C=O) groups is 1. The summed E-state index contributed by atoms with van der Waals surface area (Å²) in [4.78, 5) is 12.2. The van der Waals surface area contributed by atoms with E-state index in [1.54, 1.807) is 12.1 Å². The van der Waals surface area contributed by atoms with E-state index in [0.29, 0.717) is 27.9 Å². The van der Waals surface area contributed by atoms with Gasteiger partial charge in [0.25, 0.3) is 5.91 Å². The number of carbonyl (C=O) groups excluding carboxylic acids is 1. The minimum absolute atomic E-state index is 0.0786. The number of hydrogen-bond donors (Lipinski definition) is 1. The van der Waals surface area contributed by atoms with Gasteiger partial charge >= 0.3 is 0 Å². The van der Waals surface area contributed by atoms with E-state index in [-0.39, 0.29) is 5.91 Å². The average Bonchev–Trinajstić information content (AvgIpc) is 2.28. The van der Waals surface area contributed by atoms with Crippen LogP contribution < -0.4 is 5.32 Å². The van der Waals surface area contributed by atoms with Crippen LogP contribution in [0.15, 0.2) is 18.2 Å². The third-order valence-corrected chi connectivity index (χ3v) is 3.75. The lowest BCUT2D eigenvalue weighted by Gasteiger charge is -2.13. The molecule has 4 heteroatoms. The molecule has 0 heterocycles. The minimum atomic E-state index is -0.0786. The van der Waals surface area contributed by atoms with E-state index in [9.17, 15) is 4.79 Å². The monoisotopic (exact) mass is 331 g/mol. The Bertz CT molecular complexity index is 420. The zero-order valence-corrected chi connectivity index (χ0v) is 13.3. The van der Waals surface area contributed by atoms with Gasteiger partial charge in [0.15, 0.2) is 0 Å². The smallest absolute Gasteiger partial charge is 0.251 e. The van der Waals surface area contributed by atoms with E-state index < -0.39 is 0 Å². The fraction of sp³-hybridized carbons (Fsp3) is 0.500. The molecule has 1 amide bonds. The summed E-state index contributed by atoms with van der Waals surface area (Å²) < 4.78 is 0. The second kappa shape index (κ2) is 7.15. The molecule has 0 aliphatic rings. The molecule has 18 heavy (non-hydrogen) atoms. The van der Waals surface area contributed by atoms with E-state index in [2.05, 4.69) is 35.1 Å². The van der Waals surface area contributed by atoms with Crippen molar-refractivity contribution in [2.45, 2.75) is 32.0 Å². The highest BCUT2D eigenvalue weighted by atomic mass is 79.9. The minimum Gasteiger partial charge on any atom is -0.351 e. The Morgan fingerprint density at radius 3 is 2.67 bits per heavy atom. The van der Waals surface area contributed by atoms with Gasteiger partial charge in [-0.25, -0.2) is 0 Å². The molecule has 1 N–H and O–H groups in total. The number of hydrogen-bond acceptors (Lipinski definition) is 1. The Kier molecular flexibility index (Phi) is 6.16. The van der Waals surface area contributed by atoms with Gasteiger partial charge in [-0.1, -0.05) is 47.4 Å². The quantitative estimate of drug-likeness (QED) is 0.805. The summed E-state index contributed by atoms with van der Waals surface area (Å²) in [6.07, 6.45) is 1.04. The third kappa shape index (κ3) is 4.99. The average molecular weight is 333 g/mol. The zero-order chi connectivity index (χ0) is 13.7. The van der Waals surface area contributed by atoms with Gasteiger partial charge in [0.1, 0.15) is 0 Å². The van der Waals surface area contributed by atoms with Gasteiger partial charge in [0.05, 0.1) is 0 Å². The molecule has 0 bridgehead atoms. The molecular weight excluding hydrogens is 314 g/mol. The molecule has 0 radical (unpaired) electrons. The summed E-state index contributed by atoms with van der Waals surface area (Å²) in [5.41, 5.74) is 1.58. The van der Waals surface area contributed by atoms with E-state index >= 15 is 0 Å². The Balaban J connectivity index is 2.52. The molecule has 0 aliphatic heterocycles. The molecule has 0 aliphatic carbocycles. The number of amides is 1. The molecule has 100 valence electrons. The molecule has 1 atom stereocenters. The van der Waals surface area contributed by atoms with Crippen LogP contribution in [0.5, 0.6) is 0 Å². The number of aryl methyl sites for hydroxylation is 1. The lowest BCUT2D eigenvalue weighted by atomic mass is 10.1. The number of alkyl halides is 1. The predicted octanol–water partition coefficient (Wildman–Crippen LogP) is 4.19. The van der Waals surface area contributed by atoms with Crippen molar-refractivity contribution in [1.29, 1.82) is 0 Å². The summed E-state index contributed by atoms with van der Waals surface area (Å²) >= 11 is 9.57. The lowest BCUT2D eigenvalue weighted by molar-refractivity contribution is 0.0953. The molecule has 2 nitrogen and oxygen atoms in total. The predicted molar refractivity (Wildman–Crippen MR) is 80.7 cm³/mol. The van der Waals surface area contributed by atoms with E-state index in [1.807, 2.05) is 13.0 Å². The standard InChI is InChI=1S/C14H19BrClNO/c1-9(2)6-12(15)8-17-14(18)11-5-4-10(3)13(16)7-11/h4-5,7,9,12H,6,8H2,1-3H3,(H,17,18). The maximum Gasteiger partial charge on any atom is 0.251 e. The maximum absolute atomic E-state index is 11.9. The number of rotatable bonds is 5. The van der Waals surface area contributed by atoms with Gasteiger partial charge in [-0.15, -0.1) is 0 Å². The maximum atomic E-state index is 11.9. The van der Waals surface area contributed by atoms with Gasteiger partial charge in [0, 0.05) is 22.0 Å². The molecule has 0 saturated heterocycles. The number of benzene rings is 1. The van der Waals surface area contributed by atoms with Crippen molar-refractivity contribution in [2.75, 3.05) is 6.54 Å². The second-order valence-electron chi connectivity index (χ2n) is 4.90. The summed E-state index contributed by atoms with van der Waals surface area (Å²) in [6, 6.07) is 5.36. The first-order chi connectivity index (χ1) is 8.40. The second-order valence-corrected chi connectivity index (χ2v) is 6.60. The van der Waals surface area contributed by atoms with Crippen LogP contribution in [0.25, 0.3) is 0 Å². The normalized spacial score (nSPS) is 12.6. The largest absolute Gasteiger partial charge is 0.351 e. The summed E-state index contributed by atoms with van der Waals surface area (Å²) in [6.45, 7) is 6.87. The molecule has 1 unspecified atom stereocenters. The SMILES string of the molecule is Cc1ccc(C(=O)NCC(Br)CC(C)C)cc1Cl. The summed E-state index contributed by atoms with van der Waals surface area (Å²) in [7, 11) is 0. The highest BCUT2D eigenvalue weighted by molar-refractivity contribution is 9.09. The van der Waals surface area contributed by atoms with Crippen LogP contribution in [-0.4, -0.2) is 17.3 Å². The van der Waals surface area contributed by atoms with Crippen LogP contribution in [0.1, 0.15) is 36.2 Å². The van der Waals surface area contributed by atoms with Crippen molar-refractivity contribution in [3.05, 3.63) is 34.3 Å². The fourth-order valence-corrected chi connectivity index (χ4v) is 2.72. The first kappa shape index (κ1) is 15.5. The highest BCUT2D eigenvalue weighted by Crippen LogP contribution is 2.17. The highest BCUT2D eigenvalue weighted by Gasteiger charge is 2.11. The lowest BCUT2D eigenvalue weighted by Crippen LogP contribution is -2.30. The van der Waals surface area contributed by atoms with Gasteiger partial charge in [-0.3, -0.25) is 4.79 Å². The Hall–Kier alpha value is -0.540. The Labute approximate surface area is 122 Å². The third-order valence-electron chi connectivity index (χ3n) is 2.65. The number of halogens is 2. The van der Waals surface area contributed by atoms with Crippen molar-refractivity contribution in [3.63, 3.8) is 0 Å². The van der Waals surface area contributed by atoms with Gasteiger partial charge in [-0.05, 0) is 37.0 Å². The van der Waals surface area contributed by atoms with Crippen molar-refractivity contribution < 1.29 is 4.79 Å². The fourth-order valence-electron chi connectivity index (χ4n) is 1.63. The van der Waals surface area contributed by atoms with Gasteiger partial charge in [0.2, 0.25) is 0 Å². The van der Waals surface area contributed by atoms with Crippen molar-refractivity contribution in [1.82, 2.24) is 5.32 Å². The van der Waals surface area contributed by atoms with Crippen molar-refractivity contribution in [3.8, 4) is 0 Å². The number of nitrogens with one attached hydrogen (secondary N) is 1. The van der Waals surface area contributed by atoms with Crippen LogP contribution >= 0.6 is 27.5 Å². The van der Waals surface area contributed by atoms with E-state index in [0.717, 1.165) is 12.0 Å². The van der Waals surface area contributed by atoms with Crippen LogP contribution in [0.3, 0.4) is 0 Å². The molecule has 1 aromatic carbocycles. The summed E-state index contributed by atoms with van der Waals surface area (Å²) in [5.74, 6) is 0.533. The van der Waals surface area contributed by atoms with Crippen molar-refractivity contribution >= 4 is 33.4 Å². The molecule has 0 aromatic heterocycles. The molecule has 1 aromatic rings. The van der Waals surface area contributed by atoms with Crippen molar-refractivity contribution in [2.24, 2.45) is 5.92 Å². The van der Waals surface area contributed by atoms with Crippen LogP contribution in [-0.2, 0) is 0 Å². The van der Waals surface area contributed by atoms with Crippen LogP contribution in [0, 0.1) is 12.8 Å². The molecule has 0 fully saturated rings. The topological polar surface area (TPSA) is 29.1 Å². The van der Waals surface area contributed by atoms with Crippen LogP contribution in [0.2, 0.25) is 5.02 Å². The molecule has 0 spiro atoms. The van der Waals surface area contributed by atoms with E-state index in [4.69, 9.17) is 11.6 Å². The Morgan fingerprint density at radius 2 is 2.11 bits per heavy atom. The van der Waals surface area contributed by atoms with Gasteiger partial charge in [-0.2, -0.15) is 0 Å². The molecule has 0 saturated carbocycles. The van der Waals surface area contributed by atoms with Gasteiger partial charge < -0.3 is 5.32 Å². The van der Waals surface area contributed by atoms with E-state index in [1.165, 1.54) is 0 Å². The molecular formula is C14H19BrClNO. The van der Waals surface area contributed by atoms with Crippen LogP contribution in [0.4, 0.5) is 0 Å². The molecule has 1 rings (SSSR count). The first-order valence-electron chi connectivity index (χ1n) is 6.08.